The van der Waals surface area contributed by atoms with E-state index in [2.05, 4.69) is 0 Å². The van der Waals surface area contributed by atoms with Crippen LogP contribution in [0.15, 0.2) is 48.6 Å². The van der Waals surface area contributed by atoms with Crippen LogP contribution in [-0.4, -0.2) is 25.8 Å². The molecule has 0 N–H and O–H groups in total. The topological polar surface area (TPSA) is 52.6 Å². The van der Waals surface area contributed by atoms with Crippen molar-refractivity contribution in [1.82, 2.24) is 0 Å². The molecule has 0 radical (unpaired) electrons. The summed E-state index contributed by atoms with van der Waals surface area (Å²) >= 11 is 0. The van der Waals surface area contributed by atoms with E-state index < -0.39 is 29.6 Å². The van der Waals surface area contributed by atoms with Gasteiger partial charge in [-0.15, -0.1) is 0 Å². The number of halogens is 2. The van der Waals surface area contributed by atoms with Gasteiger partial charge in [0.15, 0.2) is 11.6 Å². The van der Waals surface area contributed by atoms with E-state index in [1.165, 1.54) is 50.6 Å². The Bertz CT molecular complexity index is 828. The number of carbonyl (C=O) groups excluding carboxylic acids is 2. The molecule has 4 nitrogen and oxygen atoms in total. The zero-order chi connectivity index (χ0) is 19.8. The van der Waals surface area contributed by atoms with E-state index in [0.717, 1.165) is 12.2 Å². The molecule has 0 spiro atoms. The quantitative estimate of drug-likeness (QED) is 0.514. The molecule has 0 aliphatic carbocycles. The van der Waals surface area contributed by atoms with E-state index in [0.29, 0.717) is 11.5 Å². The maximum Gasteiger partial charge on any atom is 0.163 e. The smallest absolute Gasteiger partial charge is 0.163 e. The molecule has 0 saturated carbocycles. The minimum atomic E-state index is -0.542. The van der Waals surface area contributed by atoms with Gasteiger partial charge in [0.05, 0.1) is 20.6 Å². The van der Waals surface area contributed by atoms with Gasteiger partial charge < -0.3 is 9.47 Å². The molecule has 0 unspecified atom stereocenters. The first-order chi connectivity index (χ1) is 12.9. The highest BCUT2D eigenvalue weighted by Gasteiger charge is 2.07. The zero-order valence-electron chi connectivity index (χ0n) is 14.9. The largest absolute Gasteiger partial charge is 0.497 e. The molecule has 0 amide bonds. The summed E-state index contributed by atoms with van der Waals surface area (Å²) in [5.74, 6) is -1.34. The number of hydrogen-bond donors (Lipinski definition) is 0. The average Bonchev–Trinajstić information content (AvgIpc) is 2.65. The fraction of sp³-hybridized carbons (Fsp3) is 0.143. The molecule has 27 heavy (non-hydrogen) atoms. The summed E-state index contributed by atoms with van der Waals surface area (Å²) in [4.78, 5) is 23.7. The summed E-state index contributed by atoms with van der Waals surface area (Å²) < 4.78 is 37.4. The summed E-state index contributed by atoms with van der Waals surface area (Å²) in [7, 11) is 2.84. The van der Waals surface area contributed by atoms with Crippen LogP contribution in [0.2, 0.25) is 0 Å². The van der Waals surface area contributed by atoms with Crippen molar-refractivity contribution in [1.29, 1.82) is 0 Å². The van der Waals surface area contributed by atoms with E-state index in [1.807, 2.05) is 0 Å². The van der Waals surface area contributed by atoms with Crippen molar-refractivity contribution in [2.24, 2.45) is 0 Å². The van der Waals surface area contributed by atoms with Crippen LogP contribution in [0.1, 0.15) is 17.5 Å². The SMILES string of the molecule is COc1ccc(C=CC(=O)CC(=O)C=Cc2ccc(OC)cc2F)c(F)c1. The monoisotopic (exact) mass is 372 g/mol. The highest BCUT2D eigenvalue weighted by Crippen LogP contribution is 2.18. The molecule has 0 atom stereocenters. The first-order valence-corrected chi connectivity index (χ1v) is 8.02. The molecule has 0 saturated heterocycles. The highest BCUT2D eigenvalue weighted by atomic mass is 19.1. The number of allylic oxidation sites excluding steroid dienone is 2. The molecule has 140 valence electrons. The van der Waals surface area contributed by atoms with Gasteiger partial charge in [-0.25, -0.2) is 8.78 Å². The molecule has 0 aliphatic heterocycles. The molecule has 0 heterocycles. The van der Waals surface area contributed by atoms with Crippen molar-refractivity contribution in [3.63, 3.8) is 0 Å². The second-order valence-corrected chi connectivity index (χ2v) is 5.55. The van der Waals surface area contributed by atoms with Gasteiger partial charge in [-0.3, -0.25) is 9.59 Å². The molecular weight excluding hydrogens is 354 g/mol. The summed E-state index contributed by atoms with van der Waals surface area (Å²) in [5, 5.41) is 0. The van der Waals surface area contributed by atoms with Crippen LogP contribution < -0.4 is 9.47 Å². The third kappa shape index (κ3) is 5.88. The molecule has 2 aromatic carbocycles. The van der Waals surface area contributed by atoms with E-state index in [-0.39, 0.29) is 11.1 Å². The van der Waals surface area contributed by atoms with Crippen LogP contribution in [0.4, 0.5) is 8.78 Å². The minimum absolute atomic E-state index is 0.201. The lowest BCUT2D eigenvalue weighted by Gasteiger charge is -2.01. The van der Waals surface area contributed by atoms with Gasteiger partial charge in [0, 0.05) is 23.3 Å². The normalized spacial score (nSPS) is 11.1. The van der Waals surface area contributed by atoms with Gasteiger partial charge >= 0.3 is 0 Å². The van der Waals surface area contributed by atoms with Crippen LogP contribution in [0.5, 0.6) is 11.5 Å². The molecule has 0 bridgehead atoms. The van der Waals surface area contributed by atoms with Gasteiger partial charge in [-0.05, 0) is 48.6 Å². The van der Waals surface area contributed by atoms with Gasteiger partial charge in [0.2, 0.25) is 0 Å². The van der Waals surface area contributed by atoms with E-state index in [4.69, 9.17) is 9.47 Å². The summed E-state index contributed by atoms with van der Waals surface area (Å²) in [5.41, 5.74) is 0.403. The number of benzene rings is 2. The van der Waals surface area contributed by atoms with Gasteiger partial charge in [-0.2, -0.15) is 0 Å². The molecule has 2 rings (SSSR count). The second-order valence-electron chi connectivity index (χ2n) is 5.55. The Hall–Kier alpha value is -3.28. The van der Waals surface area contributed by atoms with Gasteiger partial charge in [0.1, 0.15) is 23.1 Å². The van der Waals surface area contributed by atoms with Crippen LogP contribution in [0, 0.1) is 11.6 Å². The fourth-order valence-corrected chi connectivity index (χ4v) is 2.20. The Morgan fingerprint density at radius 2 is 1.22 bits per heavy atom. The summed E-state index contributed by atoms with van der Waals surface area (Å²) in [6.45, 7) is 0. The van der Waals surface area contributed by atoms with E-state index in [9.17, 15) is 18.4 Å². The zero-order valence-corrected chi connectivity index (χ0v) is 14.9. The van der Waals surface area contributed by atoms with Crippen molar-refractivity contribution in [2.75, 3.05) is 14.2 Å². The fourth-order valence-electron chi connectivity index (χ4n) is 2.20. The first kappa shape index (κ1) is 20.0. The molecule has 6 heteroatoms. The minimum Gasteiger partial charge on any atom is -0.497 e. The lowest BCUT2D eigenvalue weighted by atomic mass is 10.1. The summed E-state index contributed by atoms with van der Waals surface area (Å²) in [6, 6.07) is 8.44. The molecular formula is C21H18F2O4. The Labute approximate surface area is 155 Å². The Balaban J connectivity index is 1.96. The predicted molar refractivity (Wildman–Crippen MR) is 98.6 cm³/mol. The second kappa shape index (κ2) is 9.43. The van der Waals surface area contributed by atoms with Gasteiger partial charge in [-0.1, -0.05) is 0 Å². The Morgan fingerprint density at radius 3 is 1.56 bits per heavy atom. The lowest BCUT2D eigenvalue weighted by Crippen LogP contribution is -2.02. The third-order valence-corrected chi connectivity index (χ3v) is 3.66. The maximum atomic E-state index is 13.8. The molecule has 2 aromatic rings. The molecule has 0 aliphatic rings. The van der Waals surface area contributed by atoms with Crippen molar-refractivity contribution >= 4 is 23.7 Å². The van der Waals surface area contributed by atoms with E-state index in [1.54, 1.807) is 12.1 Å². The van der Waals surface area contributed by atoms with Gasteiger partial charge in [0.25, 0.3) is 0 Å². The number of rotatable bonds is 8. The molecule has 0 fully saturated rings. The molecule has 0 aromatic heterocycles. The van der Waals surface area contributed by atoms with Crippen LogP contribution in [0.3, 0.4) is 0 Å². The van der Waals surface area contributed by atoms with E-state index >= 15 is 0 Å². The van der Waals surface area contributed by atoms with Crippen LogP contribution in [-0.2, 0) is 9.59 Å². The number of hydrogen-bond acceptors (Lipinski definition) is 4. The number of methoxy groups -OCH3 is 2. The standard InChI is InChI=1S/C21H18F2O4/c1-26-18-9-5-14(20(22)12-18)3-7-16(24)11-17(25)8-4-15-6-10-19(27-2)13-21(15)23/h3-10,12-13H,11H2,1-2H3. The number of carbonyl (C=O) groups is 2. The van der Waals surface area contributed by atoms with Crippen LogP contribution in [0.25, 0.3) is 12.2 Å². The number of ketones is 2. The van der Waals surface area contributed by atoms with Crippen molar-refractivity contribution in [3.8, 4) is 11.5 Å². The van der Waals surface area contributed by atoms with Crippen molar-refractivity contribution in [2.45, 2.75) is 6.42 Å². The number of ether oxygens (including phenoxy) is 2. The Morgan fingerprint density at radius 1 is 0.815 bits per heavy atom. The first-order valence-electron chi connectivity index (χ1n) is 8.02. The maximum absolute atomic E-state index is 13.8. The lowest BCUT2D eigenvalue weighted by molar-refractivity contribution is -0.121. The highest BCUT2D eigenvalue weighted by molar-refractivity contribution is 6.10. The summed E-state index contributed by atoms with van der Waals surface area (Å²) in [6.07, 6.45) is 4.44. The van der Waals surface area contributed by atoms with Crippen molar-refractivity contribution < 1.29 is 27.8 Å². The predicted octanol–water partition coefficient (Wildman–Crippen LogP) is 4.24. The van der Waals surface area contributed by atoms with Crippen molar-refractivity contribution in [3.05, 3.63) is 71.3 Å². The Kier molecular flexibility index (Phi) is 7.00. The average molecular weight is 372 g/mol. The third-order valence-electron chi connectivity index (χ3n) is 3.66. The van der Waals surface area contributed by atoms with Crippen LogP contribution >= 0.6 is 0 Å².